The number of carboxylic acids is 1. The van der Waals surface area contributed by atoms with E-state index in [1.54, 1.807) is 0 Å². The Labute approximate surface area is 136 Å². The van der Waals surface area contributed by atoms with E-state index in [4.69, 9.17) is 5.11 Å². The van der Waals surface area contributed by atoms with E-state index in [0.717, 1.165) is 5.56 Å². The Hall–Kier alpha value is -2.25. The van der Waals surface area contributed by atoms with Gasteiger partial charge in [-0.2, -0.15) is 0 Å². The minimum absolute atomic E-state index is 0.171. The molecule has 0 bridgehead atoms. The average molecular weight is 345 g/mol. The second kappa shape index (κ2) is 7.55. The van der Waals surface area contributed by atoms with Gasteiger partial charge in [0.15, 0.2) is 0 Å². The molecule has 1 aliphatic carbocycles. The zero-order chi connectivity index (χ0) is 17.7. The predicted octanol–water partition coefficient (Wildman–Crippen LogP) is 2.74. The molecule has 1 aromatic rings. The molecule has 0 unspecified atom stereocenters. The molecule has 2 atom stereocenters. The van der Waals surface area contributed by atoms with E-state index in [-0.39, 0.29) is 17.6 Å². The molecule has 0 aliphatic heterocycles. The summed E-state index contributed by atoms with van der Waals surface area (Å²) >= 11 is 0. The van der Waals surface area contributed by atoms with Crippen molar-refractivity contribution in [3.8, 4) is 5.75 Å². The molecule has 2 N–H and O–H groups in total. The number of hydrogen-bond donors (Lipinski definition) is 2. The highest BCUT2D eigenvalue weighted by Crippen LogP contribution is 2.31. The molecule has 0 aromatic heterocycles. The Morgan fingerprint density at radius 2 is 1.79 bits per heavy atom. The van der Waals surface area contributed by atoms with Crippen LogP contribution in [0.5, 0.6) is 5.75 Å². The second-order valence-electron chi connectivity index (χ2n) is 5.78. The van der Waals surface area contributed by atoms with Crippen LogP contribution in [0.4, 0.5) is 13.2 Å². The molecule has 0 heterocycles. The molecule has 0 spiro atoms. The van der Waals surface area contributed by atoms with Gasteiger partial charge in [-0.15, -0.1) is 13.2 Å². The number of rotatable bonds is 6. The van der Waals surface area contributed by atoms with E-state index in [2.05, 4.69) is 10.1 Å². The Balaban J connectivity index is 1.74. The maximum atomic E-state index is 12.1. The van der Waals surface area contributed by atoms with Gasteiger partial charge < -0.3 is 15.2 Å². The number of ether oxygens (including phenoxy) is 1. The molecule has 1 aromatic carbocycles. The molecular weight excluding hydrogens is 327 g/mol. The summed E-state index contributed by atoms with van der Waals surface area (Å²) in [6.45, 7) is 0.340. The third-order valence-corrected chi connectivity index (χ3v) is 4.02. The summed E-state index contributed by atoms with van der Waals surface area (Å²) in [4.78, 5) is 22.8. The van der Waals surface area contributed by atoms with Crippen molar-refractivity contribution >= 4 is 11.9 Å². The first-order valence-electron chi connectivity index (χ1n) is 7.60. The normalized spacial score (nSPS) is 20.6. The molecule has 2 rings (SSSR count). The third kappa shape index (κ3) is 5.43. The fraction of sp³-hybridized carbons (Fsp3) is 0.500. The molecule has 5 nitrogen and oxygen atoms in total. The largest absolute Gasteiger partial charge is 0.573 e. The Kier molecular flexibility index (Phi) is 5.69. The molecule has 132 valence electrons. The van der Waals surface area contributed by atoms with Crippen molar-refractivity contribution in [1.82, 2.24) is 5.32 Å². The van der Waals surface area contributed by atoms with Crippen LogP contribution in [0.1, 0.15) is 24.8 Å². The zero-order valence-corrected chi connectivity index (χ0v) is 12.8. The van der Waals surface area contributed by atoms with Gasteiger partial charge in [-0.05, 0) is 43.4 Å². The number of halogens is 3. The van der Waals surface area contributed by atoms with Crippen LogP contribution in [0.2, 0.25) is 0 Å². The van der Waals surface area contributed by atoms with Gasteiger partial charge >= 0.3 is 12.3 Å². The van der Waals surface area contributed by atoms with Crippen molar-refractivity contribution in [2.75, 3.05) is 6.54 Å². The molecular formula is C16H18F3NO4. The smallest absolute Gasteiger partial charge is 0.481 e. The van der Waals surface area contributed by atoms with Crippen molar-refractivity contribution in [3.63, 3.8) is 0 Å². The van der Waals surface area contributed by atoms with E-state index in [9.17, 15) is 22.8 Å². The summed E-state index contributed by atoms with van der Waals surface area (Å²) in [5, 5.41) is 11.7. The lowest BCUT2D eigenvalue weighted by atomic mass is 10.0. The van der Waals surface area contributed by atoms with Crippen molar-refractivity contribution < 1.29 is 32.6 Å². The number of benzene rings is 1. The molecule has 24 heavy (non-hydrogen) atoms. The molecule has 1 aliphatic rings. The summed E-state index contributed by atoms with van der Waals surface area (Å²) < 4.78 is 39.9. The van der Waals surface area contributed by atoms with Crippen molar-refractivity contribution in [3.05, 3.63) is 29.8 Å². The molecule has 1 fully saturated rings. The van der Waals surface area contributed by atoms with Crippen molar-refractivity contribution in [2.45, 2.75) is 32.0 Å². The summed E-state index contributed by atoms with van der Waals surface area (Å²) in [5.41, 5.74) is 0.764. The molecule has 0 saturated heterocycles. The Bertz CT molecular complexity index is 586. The standard InChI is InChI=1S/C16H18F3NO4/c17-16(18,19)24-13-5-1-10(2-6-13)7-8-20-14(21)11-3-4-12(9-11)15(22)23/h1-2,5-6,11-12H,3-4,7-9H2,(H,20,21)(H,22,23)/t11-,12+/m0/s1. The van der Waals surface area contributed by atoms with E-state index in [0.29, 0.717) is 32.2 Å². The third-order valence-electron chi connectivity index (χ3n) is 4.02. The van der Waals surface area contributed by atoms with E-state index < -0.39 is 18.2 Å². The number of hydrogen-bond acceptors (Lipinski definition) is 3. The number of aliphatic carboxylic acids is 1. The van der Waals surface area contributed by atoms with Gasteiger partial charge in [0.25, 0.3) is 0 Å². The topological polar surface area (TPSA) is 75.6 Å². The molecule has 0 radical (unpaired) electrons. The van der Waals surface area contributed by atoms with E-state index in [1.165, 1.54) is 24.3 Å². The molecule has 1 saturated carbocycles. The van der Waals surface area contributed by atoms with Crippen LogP contribution in [0, 0.1) is 11.8 Å². The summed E-state index contributed by atoms with van der Waals surface area (Å²) in [6.07, 6.45) is -2.83. The SMILES string of the molecule is O=C(O)[C@@H]1CC[C@H](C(=O)NCCc2ccc(OC(F)(F)F)cc2)C1. The van der Waals surface area contributed by atoms with Gasteiger partial charge in [-0.1, -0.05) is 12.1 Å². The lowest BCUT2D eigenvalue weighted by molar-refractivity contribution is -0.274. The molecule has 1 amide bonds. The second-order valence-corrected chi connectivity index (χ2v) is 5.78. The van der Waals surface area contributed by atoms with Gasteiger partial charge in [0.05, 0.1) is 5.92 Å². The predicted molar refractivity (Wildman–Crippen MR) is 78.3 cm³/mol. The van der Waals surface area contributed by atoms with Crippen LogP contribution in [-0.4, -0.2) is 29.9 Å². The first-order valence-corrected chi connectivity index (χ1v) is 7.60. The lowest BCUT2D eigenvalue weighted by Gasteiger charge is -2.11. The number of carboxylic acid groups (broad SMARTS) is 1. The summed E-state index contributed by atoms with van der Waals surface area (Å²) in [7, 11) is 0. The minimum Gasteiger partial charge on any atom is -0.481 e. The maximum absolute atomic E-state index is 12.1. The zero-order valence-electron chi connectivity index (χ0n) is 12.8. The van der Waals surface area contributed by atoms with Crippen LogP contribution in [0.25, 0.3) is 0 Å². The van der Waals surface area contributed by atoms with Crippen molar-refractivity contribution in [2.24, 2.45) is 11.8 Å². The van der Waals surface area contributed by atoms with Crippen LogP contribution < -0.4 is 10.1 Å². The highest BCUT2D eigenvalue weighted by molar-refractivity contribution is 5.80. The quantitative estimate of drug-likeness (QED) is 0.831. The van der Waals surface area contributed by atoms with Gasteiger partial charge in [0, 0.05) is 12.5 Å². The first-order chi connectivity index (χ1) is 11.2. The van der Waals surface area contributed by atoms with Crippen LogP contribution in [-0.2, 0) is 16.0 Å². The number of carbonyl (C=O) groups excluding carboxylic acids is 1. The van der Waals surface area contributed by atoms with Gasteiger partial charge in [0.1, 0.15) is 5.75 Å². The number of amides is 1. The minimum atomic E-state index is -4.72. The van der Waals surface area contributed by atoms with Gasteiger partial charge in [0.2, 0.25) is 5.91 Å². The van der Waals surface area contributed by atoms with Crippen molar-refractivity contribution in [1.29, 1.82) is 0 Å². The van der Waals surface area contributed by atoms with Crippen LogP contribution >= 0.6 is 0 Å². The monoisotopic (exact) mass is 345 g/mol. The fourth-order valence-electron chi connectivity index (χ4n) is 2.78. The number of alkyl halides is 3. The summed E-state index contributed by atoms with van der Waals surface area (Å²) in [6, 6.07) is 5.45. The first kappa shape index (κ1) is 18.1. The molecule has 8 heteroatoms. The Morgan fingerprint density at radius 3 is 2.33 bits per heavy atom. The number of nitrogens with one attached hydrogen (secondary N) is 1. The summed E-state index contributed by atoms with van der Waals surface area (Å²) in [5.74, 6) is -2.07. The van der Waals surface area contributed by atoms with Crippen LogP contribution in [0.15, 0.2) is 24.3 Å². The van der Waals surface area contributed by atoms with E-state index >= 15 is 0 Å². The number of carbonyl (C=O) groups is 2. The van der Waals surface area contributed by atoms with E-state index in [1.807, 2.05) is 0 Å². The highest BCUT2D eigenvalue weighted by atomic mass is 19.4. The lowest BCUT2D eigenvalue weighted by Crippen LogP contribution is -2.31. The highest BCUT2D eigenvalue weighted by Gasteiger charge is 2.33. The van der Waals surface area contributed by atoms with Gasteiger partial charge in [-0.3, -0.25) is 9.59 Å². The fourth-order valence-corrected chi connectivity index (χ4v) is 2.78. The maximum Gasteiger partial charge on any atom is 0.573 e. The van der Waals surface area contributed by atoms with Crippen LogP contribution in [0.3, 0.4) is 0 Å². The Morgan fingerprint density at radius 1 is 1.17 bits per heavy atom. The van der Waals surface area contributed by atoms with Gasteiger partial charge in [-0.25, -0.2) is 0 Å². The average Bonchev–Trinajstić information content (AvgIpc) is 2.97.